The Morgan fingerprint density at radius 2 is 2.17 bits per heavy atom. The van der Waals surface area contributed by atoms with E-state index in [9.17, 15) is 0 Å². The molecule has 0 fully saturated rings. The fourth-order valence-electron chi connectivity index (χ4n) is 2.43. The van der Waals surface area contributed by atoms with E-state index in [1.54, 1.807) is 0 Å². The van der Waals surface area contributed by atoms with E-state index in [1.165, 1.54) is 11.3 Å². The first-order valence-corrected chi connectivity index (χ1v) is 6.07. The van der Waals surface area contributed by atoms with Gasteiger partial charge in [-0.25, -0.2) is 0 Å². The predicted octanol–water partition coefficient (Wildman–Crippen LogP) is 2.21. The first-order valence-electron chi connectivity index (χ1n) is 6.07. The summed E-state index contributed by atoms with van der Waals surface area (Å²) in [5, 5.41) is 16.3. The Morgan fingerprint density at radius 1 is 1.33 bits per heavy atom. The molecular weight excluding hydrogens is 230 g/mol. The van der Waals surface area contributed by atoms with Gasteiger partial charge in [0.15, 0.2) is 0 Å². The second kappa shape index (κ2) is 4.01. The van der Waals surface area contributed by atoms with Crippen LogP contribution in [0.25, 0.3) is 11.5 Å². The van der Waals surface area contributed by atoms with Crippen molar-refractivity contribution in [2.75, 3.05) is 11.4 Å². The van der Waals surface area contributed by atoms with Gasteiger partial charge in [-0.15, -0.1) is 5.10 Å². The summed E-state index contributed by atoms with van der Waals surface area (Å²) in [6.45, 7) is 5.43. The van der Waals surface area contributed by atoms with Crippen LogP contribution < -0.4 is 4.90 Å². The lowest BCUT2D eigenvalue weighted by Crippen LogP contribution is -2.28. The first-order chi connectivity index (χ1) is 8.65. The third-order valence-corrected chi connectivity index (χ3v) is 3.30. The van der Waals surface area contributed by atoms with Crippen LogP contribution in [-0.2, 0) is 6.42 Å². The van der Waals surface area contributed by atoms with Gasteiger partial charge in [0, 0.05) is 23.8 Å². The minimum Gasteiger partial charge on any atom is -0.465 e. The fraction of sp³-hybridized carbons (Fsp3) is 0.385. The van der Waals surface area contributed by atoms with E-state index in [-0.39, 0.29) is 0 Å². The van der Waals surface area contributed by atoms with Crippen LogP contribution >= 0.6 is 0 Å². The fourth-order valence-corrected chi connectivity index (χ4v) is 2.43. The molecule has 0 aliphatic carbocycles. The third kappa shape index (κ3) is 1.72. The Labute approximate surface area is 105 Å². The van der Waals surface area contributed by atoms with Crippen molar-refractivity contribution in [3.63, 3.8) is 0 Å². The summed E-state index contributed by atoms with van der Waals surface area (Å²) in [5.74, 6) is 0.360. The maximum Gasteiger partial charge on any atom is 0.412 e. The number of nitrogens with zero attached hydrogens (tertiary/aromatic N) is 3. The van der Waals surface area contributed by atoms with Crippen molar-refractivity contribution >= 4 is 5.69 Å². The van der Waals surface area contributed by atoms with Gasteiger partial charge < -0.3 is 14.4 Å². The highest BCUT2D eigenvalue weighted by Crippen LogP contribution is 2.33. The van der Waals surface area contributed by atoms with Crippen molar-refractivity contribution < 1.29 is 9.52 Å². The molecule has 1 N–H and O–H groups in total. The minimum absolute atomic E-state index is 0.360. The standard InChI is InChI=1S/C13H15N3O2/c1-8(2)16-6-5-9-7-10(3-4-11(9)16)12-14-15-13(17)18-12/h3-4,7-8H,5-6H2,1-2H3,(H,15,17). The molecule has 0 unspecified atom stereocenters. The van der Waals surface area contributed by atoms with E-state index in [0.717, 1.165) is 18.5 Å². The zero-order chi connectivity index (χ0) is 12.7. The molecule has 3 rings (SSSR count). The molecule has 94 valence electrons. The van der Waals surface area contributed by atoms with Crippen LogP contribution in [0.3, 0.4) is 0 Å². The summed E-state index contributed by atoms with van der Waals surface area (Å²) in [6, 6.07) is 6.60. The van der Waals surface area contributed by atoms with E-state index in [2.05, 4.69) is 41.1 Å². The second-order valence-corrected chi connectivity index (χ2v) is 4.77. The number of aromatic nitrogens is 2. The molecular formula is C13H15N3O2. The van der Waals surface area contributed by atoms with Crippen LogP contribution in [-0.4, -0.2) is 27.9 Å². The maximum absolute atomic E-state index is 9.07. The molecule has 2 heterocycles. The zero-order valence-corrected chi connectivity index (χ0v) is 10.4. The number of hydrogen-bond acceptors (Lipinski definition) is 5. The highest BCUT2D eigenvalue weighted by molar-refractivity contribution is 5.66. The number of fused-ring (bicyclic) bond motifs is 1. The highest BCUT2D eigenvalue weighted by atomic mass is 16.5. The van der Waals surface area contributed by atoms with Gasteiger partial charge in [0.25, 0.3) is 5.89 Å². The highest BCUT2D eigenvalue weighted by Gasteiger charge is 2.22. The van der Waals surface area contributed by atoms with E-state index >= 15 is 0 Å². The summed E-state index contributed by atoms with van der Waals surface area (Å²) in [6.07, 6.45) is 0.635. The summed E-state index contributed by atoms with van der Waals surface area (Å²) < 4.78 is 5.02. The van der Waals surface area contributed by atoms with Crippen LogP contribution in [0.4, 0.5) is 5.69 Å². The number of aromatic hydroxyl groups is 1. The van der Waals surface area contributed by atoms with Crippen molar-refractivity contribution in [3.05, 3.63) is 23.8 Å². The molecule has 1 aromatic carbocycles. The lowest BCUT2D eigenvalue weighted by atomic mass is 10.1. The van der Waals surface area contributed by atoms with Crippen LogP contribution in [0.2, 0.25) is 0 Å². The van der Waals surface area contributed by atoms with Gasteiger partial charge >= 0.3 is 6.08 Å². The Balaban J connectivity index is 1.98. The molecule has 0 radical (unpaired) electrons. The molecule has 1 aliphatic heterocycles. The van der Waals surface area contributed by atoms with Gasteiger partial charge in [-0.05, 0) is 44.0 Å². The molecule has 5 heteroatoms. The number of rotatable bonds is 2. The molecule has 0 saturated carbocycles. The molecule has 0 bridgehead atoms. The summed E-state index contributed by atoms with van der Waals surface area (Å²) >= 11 is 0. The monoisotopic (exact) mass is 245 g/mol. The Hall–Kier alpha value is -2.04. The van der Waals surface area contributed by atoms with Gasteiger partial charge in [-0.2, -0.15) is 0 Å². The minimum atomic E-state index is -0.394. The van der Waals surface area contributed by atoms with Crippen molar-refractivity contribution in [1.29, 1.82) is 0 Å². The molecule has 0 saturated heterocycles. The largest absolute Gasteiger partial charge is 0.465 e. The molecule has 1 aliphatic rings. The molecule has 2 aromatic rings. The zero-order valence-electron chi connectivity index (χ0n) is 10.4. The average Bonchev–Trinajstić information content (AvgIpc) is 2.93. The number of benzene rings is 1. The quantitative estimate of drug-likeness (QED) is 0.878. The Bertz CT molecular complexity index is 577. The molecule has 5 nitrogen and oxygen atoms in total. The number of hydrogen-bond donors (Lipinski definition) is 1. The number of anilines is 1. The van der Waals surface area contributed by atoms with Crippen LogP contribution in [0.15, 0.2) is 22.6 Å². The Kier molecular flexibility index (Phi) is 2.47. The second-order valence-electron chi connectivity index (χ2n) is 4.77. The molecule has 0 atom stereocenters. The van der Waals surface area contributed by atoms with E-state index in [0.29, 0.717) is 11.9 Å². The topological polar surface area (TPSA) is 62.4 Å². The summed E-state index contributed by atoms with van der Waals surface area (Å²) in [7, 11) is 0. The molecule has 1 aromatic heterocycles. The van der Waals surface area contributed by atoms with Crippen molar-refractivity contribution in [2.24, 2.45) is 0 Å². The molecule has 0 spiro atoms. The normalized spacial score (nSPS) is 14.3. The van der Waals surface area contributed by atoms with Gasteiger partial charge in [0.05, 0.1) is 0 Å². The maximum atomic E-state index is 9.07. The predicted molar refractivity (Wildman–Crippen MR) is 67.6 cm³/mol. The van der Waals surface area contributed by atoms with Gasteiger partial charge in [-0.1, -0.05) is 5.10 Å². The van der Waals surface area contributed by atoms with E-state index < -0.39 is 6.08 Å². The molecule has 18 heavy (non-hydrogen) atoms. The first kappa shape index (κ1) is 11.1. The van der Waals surface area contributed by atoms with Crippen LogP contribution in [0.1, 0.15) is 19.4 Å². The molecule has 0 amide bonds. The van der Waals surface area contributed by atoms with Crippen molar-refractivity contribution in [3.8, 4) is 17.5 Å². The third-order valence-electron chi connectivity index (χ3n) is 3.30. The van der Waals surface area contributed by atoms with E-state index in [4.69, 9.17) is 9.52 Å². The van der Waals surface area contributed by atoms with Crippen LogP contribution in [0.5, 0.6) is 6.08 Å². The van der Waals surface area contributed by atoms with Gasteiger partial charge in [0.2, 0.25) is 0 Å². The smallest absolute Gasteiger partial charge is 0.412 e. The summed E-state index contributed by atoms with van der Waals surface area (Å²) in [5.41, 5.74) is 3.42. The van der Waals surface area contributed by atoms with Gasteiger partial charge in [-0.3, -0.25) is 0 Å². The van der Waals surface area contributed by atoms with Crippen molar-refractivity contribution in [1.82, 2.24) is 10.2 Å². The lowest BCUT2D eigenvalue weighted by Gasteiger charge is -2.23. The average molecular weight is 245 g/mol. The SMILES string of the molecule is CC(C)N1CCc2cc(-c3nnc(O)o3)ccc21. The van der Waals surface area contributed by atoms with Crippen LogP contribution in [0, 0.1) is 0 Å². The lowest BCUT2D eigenvalue weighted by molar-refractivity contribution is 0.320. The summed E-state index contributed by atoms with van der Waals surface area (Å²) in [4.78, 5) is 2.38. The Morgan fingerprint density at radius 3 is 2.83 bits per heavy atom. The van der Waals surface area contributed by atoms with Crippen molar-refractivity contribution in [2.45, 2.75) is 26.3 Å². The van der Waals surface area contributed by atoms with E-state index in [1.807, 2.05) is 6.07 Å². The van der Waals surface area contributed by atoms with Gasteiger partial charge in [0.1, 0.15) is 0 Å².